The molecule has 1 aromatic heterocycles. The van der Waals surface area contributed by atoms with E-state index in [9.17, 15) is 19.2 Å². The van der Waals surface area contributed by atoms with Gasteiger partial charge in [0.2, 0.25) is 11.8 Å². The summed E-state index contributed by atoms with van der Waals surface area (Å²) in [5.41, 5.74) is 1.89. The van der Waals surface area contributed by atoms with Crippen molar-refractivity contribution in [3.05, 3.63) is 103 Å². The molecular formula is C28H20BrN3O5S2. The maximum atomic E-state index is 13.8. The largest absolute Gasteiger partial charge is 0.484 e. The number of ether oxygens (including phenoxy) is 1. The second kappa shape index (κ2) is 10.5. The van der Waals surface area contributed by atoms with E-state index in [1.807, 2.05) is 24.3 Å². The van der Waals surface area contributed by atoms with Gasteiger partial charge < -0.3 is 15.0 Å². The molecule has 2 N–H and O–H groups in total. The van der Waals surface area contributed by atoms with Crippen molar-refractivity contribution < 1.29 is 19.1 Å². The van der Waals surface area contributed by atoms with Crippen LogP contribution in [0.3, 0.4) is 0 Å². The fourth-order valence-corrected chi connectivity index (χ4v) is 7.67. The van der Waals surface area contributed by atoms with Gasteiger partial charge in [0.15, 0.2) is 6.61 Å². The zero-order valence-electron chi connectivity index (χ0n) is 20.1. The van der Waals surface area contributed by atoms with Crippen LogP contribution in [0.5, 0.6) is 5.75 Å². The fourth-order valence-electron chi connectivity index (χ4n) is 4.89. The third-order valence-electron chi connectivity index (χ3n) is 6.55. The molecule has 0 aliphatic carbocycles. The minimum absolute atomic E-state index is 0.206. The minimum Gasteiger partial charge on any atom is -0.484 e. The molecule has 2 aliphatic rings. The van der Waals surface area contributed by atoms with Gasteiger partial charge in [0, 0.05) is 21.0 Å². The summed E-state index contributed by atoms with van der Waals surface area (Å²) in [5.74, 6) is -1.74. The molecule has 11 heteroatoms. The topological polar surface area (TPSA) is 109 Å². The first kappa shape index (κ1) is 25.6. The molecule has 6 rings (SSSR count). The average molecular weight is 623 g/mol. The Morgan fingerprint density at radius 2 is 1.74 bits per heavy atom. The maximum Gasteiger partial charge on any atom is 0.305 e. The summed E-state index contributed by atoms with van der Waals surface area (Å²) in [7, 11) is 0. The van der Waals surface area contributed by atoms with Crippen LogP contribution >= 0.6 is 39.0 Å². The number of thioether (sulfide) groups is 1. The number of aromatic nitrogens is 1. The van der Waals surface area contributed by atoms with E-state index < -0.39 is 17.1 Å². The van der Waals surface area contributed by atoms with E-state index in [0.29, 0.717) is 27.0 Å². The van der Waals surface area contributed by atoms with E-state index >= 15 is 0 Å². The Labute approximate surface area is 239 Å². The van der Waals surface area contributed by atoms with Gasteiger partial charge in [-0.3, -0.25) is 19.2 Å². The monoisotopic (exact) mass is 621 g/mol. The molecule has 3 heterocycles. The van der Waals surface area contributed by atoms with Gasteiger partial charge in [-0.2, -0.15) is 0 Å². The molecule has 3 aromatic carbocycles. The molecule has 196 valence electrons. The molecule has 3 amide bonds. The van der Waals surface area contributed by atoms with Gasteiger partial charge in [0.05, 0.1) is 16.6 Å². The molecule has 0 spiro atoms. The quantitative estimate of drug-likeness (QED) is 0.293. The highest BCUT2D eigenvalue weighted by Crippen LogP contribution is 2.53. The summed E-state index contributed by atoms with van der Waals surface area (Å²) < 4.78 is 6.61. The second-order valence-corrected chi connectivity index (χ2v) is 12.1. The third kappa shape index (κ3) is 4.93. The van der Waals surface area contributed by atoms with E-state index in [-0.39, 0.29) is 29.2 Å². The van der Waals surface area contributed by atoms with Crippen molar-refractivity contribution in [3.63, 3.8) is 0 Å². The SMILES string of the molecule is O=C(COc1cccc([C@@H]2c3sc(=O)[nH]c3S[C@H]3C(=O)N(c4ccc(Br)cc4)C(=O)[C@@H]23)c1)Nc1ccccc1. The molecule has 0 radical (unpaired) electrons. The Bertz CT molecular complexity index is 1640. The highest BCUT2D eigenvalue weighted by atomic mass is 79.9. The highest BCUT2D eigenvalue weighted by Gasteiger charge is 2.56. The lowest BCUT2D eigenvalue weighted by Gasteiger charge is -2.30. The third-order valence-corrected chi connectivity index (χ3v) is 9.48. The van der Waals surface area contributed by atoms with E-state index in [0.717, 1.165) is 21.4 Å². The number of aromatic amines is 1. The number of carbonyl (C=O) groups excluding carboxylic acids is 3. The van der Waals surface area contributed by atoms with Crippen molar-refractivity contribution in [3.8, 4) is 5.75 Å². The molecule has 4 aromatic rings. The van der Waals surface area contributed by atoms with Gasteiger partial charge in [0.25, 0.3) is 5.91 Å². The normalized spacial score (nSPS) is 19.9. The van der Waals surface area contributed by atoms with E-state index in [1.165, 1.54) is 16.7 Å². The first-order chi connectivity index (χ1) is 18.9. The van der Waals surface area contributed by atoms with Crippen LogP contribution in [0.4, 0.5) is 11.4 Å². The predicted molar refractivity (Wildman–Crippen MR) is 154 cm³/mol. The number of hydrogen-bond donors (Lipinski definition) is 2. The van der Waals surface area contributed by atoms with Crippen LogP contribution < -0.4 is 19.8 Å². The lowest BCUT2D eigenvalue weighted by molar-refractivity contribution is -0.122. The predicted octanol–water partition coefficient (Wildman–Crippen LogP) is 5.01. The minimum atomic E-state index is -0.707. The number of H-pyrrole nitrogens is 1. The summed E-state index contributed by atoms with van der Waals surface area (Å²) in [6.07, 6.45) is 0. The van der Waals surface area contributed by atoms with Gasteiger partial charge in [0.1, 0.15) is 11.0 Å². The number of thiazole rings is 1. The van der Waals surface area contributed by atoms with Crippen molar-refractivity contribution in [1.29, 1.82) is 0 Å². The average Bonchev–Trinajstić information content (AvgIpc) is 3.43. The fraction of sp³-hybridized carbons (Fsp3) is 0.143. The van der Waals surface area contributed by atoms with Gasteiger partial charge >= 0.3 is 4.87 Å². The zero-order valence-corrected chi connectivity index (χ0v) is 23.3. The molecular weight excluding hydrogens is 602 g/mol. The summed E-state index contributed by atoms with van der Waals surface area (Å²) in [5, 5.41) is 2.69. The van der Waals surface area contributed by atoms with Gasteiger partial charge in [-0.05, 0) is 54.1 Å². The van der Waals surface area contributed by atoms with Crippen molar-refractivity contribution in [2.24, 2.45) is 5.92 Å². The van der Waals surface area contributed by atoms with Crippen molar-refractivity contribution in [2.75, 3.05) is 16.8 Å². The van der Waals surface area contributed by atoms with E-state index in [1.54, 1.807) is 54.6 Å². The number of imide groups is 1. The van der Waals surface area contributed by atoms with Crippen LogP contribution in [0.15, 0.2) is 93.2 Å². The van der Waals surface area contributed by atoms with E-state index in [4.69, 9.17) is 4.74 Å². The van der Waals surface area contributed by atoms with Crippen molar-refractivity contribution >= 4 is 68.1 Å². The Morgan fingerprint density at radius 3 is 2.51 bits per heavy atom. The number of para-hydroxylation sites is 1. The zero-order chi connectivity index (χ0) is 27.1. The Hall–Kier alpha value is -3.67. The number of nitrogens with zero attached hydrogens (tertiary/aromatic N) is 1. The number of carbonyl (C=O) groups is 3. The molecule has 8 nitrogen and oxygen atoms in total. The van der Waals surface area contributed by atoms with Crippen LogP contribution in [0.25, 0.3) is 0 Å². The van der Waals surface area contributed by atoms with Gasteiger partial charge in [-0.1, -0.05) is 69.4 Å². The molecule has 1 fully saturated rings. The smallest absolute Gasteiger partial charge is 0.305 e. The lowest BCUT2D eigenvalue weighted by Crippen LogP contribution is -2.32. The Balaban J connectivity index is 1.30. The van der Waals surface area contributed by atoms with Gasteiger partial charge in [-0.25, -0.2) is 4.90 Å². The number of amides is 3. The van der Waals surface area contributed by atoms with Crippen LogP contribution in [0, 0.1) is 5.92 Å². The molecule has 0 bridgehead atoms. The molecule has 1 saturated heterocycles. The summed E-state index contributed by atoms with van der Waals surface area (Å²) >= 11 is 5.66. The molecule has 2 aliphatic heterocycles. The second-order valence-electron chi connectivity index (χ2n) is 9.01. The Kier molecular flexibility index (Phi) is 6.88. The van der Waals surface area contributed by atoms with Crippen LogP contribution in [-0.2, 0) is 14.4 Å². The summed E-state index contributed by atoms with van der Waals surface area (Å²) in [6, 6.07) is 23.2. The highest BCUT2D eigenvalue weighted by molar-refractivity contribution is 9.10. The van der Waals surface area contributed by atoms with Crippen molar-refractivity contribution in [1.82, 2.24) is 4.98 Å². The number of nitrogens with one attached hydrogen (secondary N) is 2. The maximum absolute atomic E-state index is 13.8. The first-order valence-electron chi connectivity index (χ1n) is 12.0. The lowest BCUT2D eigenvalue weighted by atomic mass is 9.83. The molecule has 39 heavy (non-hydrogen) atoms. The van der Waals surface area contributed by atoms with Crippen molar-refractivity contribution in [2.45, 2.75) is 16.2 Å². The number of anilines is 2. The number of fused-ring (bicyclic) bond motifs is 2. The van der Waals surface area contributed by atoms with E-state index in [2.05, 4.69) is 26.2 Å². The molecule has 0 unspecified atom stereocenters. The van der Waals surface area contributed by atoms with Crippen LogP contribution in [0.1, 0.15) is 16.4 Å². The van der Waals surface area contributed by atoms with Gasteiger partial charge in [-0.15, -0.1) is 0 Å². The number of hydrogen-bond acceptors (Lipinski definition) is 7. The number of halogens is 1. The number of rotatable bonds is 6. The summed E-state index contributed by atoms with van der Waals surface area (Å²) in [4.78, 5) is 56.6. The molecule has 3 atom stereocenters. The summed E-state index contributed by atoms with van der Waals surface area (Å²) in [6.45, 7) is -0.206. The number of benzene rings is 3. The van der Waals surface area contributed by atoms with Crippen LogP contribution in [-0.4, -0.2) is 34.6 Å². The van der Waals surface area contributed by atoms with Crippen LogP contribution in [0.2, 0.25) is 0 Å². The standard InChI is InChI=1S/C28H20BrN3O5S2/c29-16-9-11-18(12-10-16)32-26(34)22-21(23-25(31-28(36)39-23)38-24(22)27(32)35)15-5-4-8-19(13-15)37-14-20(33)30-17-6-2-1-3-7-17/h1-13,21-22,24H,14H2,(H,30,33)(H,31,36)/t21-,22-,24+/m0/s1. The Morgan fingerprint density at radius 1 is 0.974 bits per heavy atom. The first-order valence-corrected chi connectivity index (χ1v) is 14.5. The molecule has 0 saturated carbocycles.